The standard InChI is InChI=1S/C21H16ClN3O3/c22-14-7-5-13(6-8-14)9-11-21(18(26)24-20(28)25-19(21)27)16-10-12-23-17-4-2-1-3-15(16)17/h1-8,10,12H,9,11H2,(H2,24,25,26,27,28). The van der Waals surface area contributed by atoms with E-state index in [1.807, 2.05) is 36.4 Å². The Kier molecular flexibility index (Phi) is 4.57. The maximum absolute atomic E-state index is 13.0. The second-order valence-corrected chi connectivity index (χ2v) is 7.08. The molecular formula is C21H16ClN3O3. The molecule has 3 aromatic rings. The first-order valence-corrected chi connectivity index (χ1v) is 9.14. The molecule has 1 saturated heterocycles. The molecule has 4 rings (SSSR count). The average molecular weight is 394 g/mol. The first kappa shape index (κ1) is 18.1. The van der Waals surface area contributed by atoms with Crippen LogP contribution >= 0.6 is 11.6 Å². The molecule has 0 atom stereocenters. The number of barbiturate groups is 1. The molecule has 2 N–H and O–H groups in total. The van der Waals surface area contributed by atoms with Gasteiger partial charge in [0.15, 0.2) is 5.41 Å². The van der Waals surface area contributed by atoms with E-state index in [0.717, 1.165) is 5.56 Å². The summed E-state index contributed by atoms with van der Waals surface area (Å²) in [5.41, 5.74) is 0.577. The summed E-state index contributed by atoms with van der Waals surface area (Å²) in [4.78, 5) is 42.0. The zero-order valence-electron chi connectivity index (χ0n) is 14.7. The number of carbonyl (C=O) groups excluding carboxylic acids is 3. The van der Waals surface area contributed by atoms with Crippen LogP contribution in [0.5, 0.6) is 0 Å². The topological polar surface area (TPSA) is 88.2 Å². The van der Waals surface area contributed by atoms with E-state index in [2.05, 4.69) is 15.6 Å². The molecule has 2 heterocycles. The van der Waals surface area contributed by atoms with Gasteiger partial charge in [-0.05, 0) is 48.2 Å². The lowest BCUT2D eigenvalue weighted by molar-refractivity contribution is -0.138. The molecule has 28 heavy (non-hydrogen) atoms. The summed E-state index contributed by atoms with van der Waals surface area (Å²) in [6.45, 7) is 0. The predicted octanol–water partition coefficient (Wildman–Crippen LogP) is 3.12. The number of benzene rings is 2. The van der Waals surface area contributed by atoms with Gasteiger partial charge >= 0.3 is 6.03 Å². The molecule has 1 aromatic heterocycles. The highest BCUT2D eigenvalue weighted by atomic mass is 35.5. The van der Waals surface area contributed by atoms with Crippen LogP contribution in [0.25, 0.3) is 10.9 Å². The third-order valence-corrected chi connectivity index (χ3v) is 5.29. The van der Waals surface area contributed by atoms with Gasteiger partial charge in [-0.2, -0.15) is 0 Å². The first-order valence-electron chi connectivity index (χ1n) is 8.76. The number of carbonyl (C=O) groups is 3. The van der Waals surface area contributed by atoms with E-state index < -0.39 is 23.3 Å². The van der Waals surface area contributed by atoms with Crippen molar-refractivity contribution in [2.24, 2.45) is 0 Å². The van der Waals surface area contributed by atoms with E-state index in [1.165, 1.54) is 0 Å². The van der Waals surface area contributed by atoms with Crippen LogP contribution in [-0.2, 0) is 21.4 Å². The molecule has 4 amide bonds. The fraction of sp³-hybridized carbons (Fsp3) is 0.143. The molecule has 1 fully saturated rings. The second kappa shape index (κ2) is 7.05. The molecular weight excluding hydrogens is 378 g/mol. The highest BCUT2D eigenvalue weighted by molar-refractivity contribution is 6.30. The number of nitrogens with one attached hydrogen (secondary N) is 2. The molecule has 0 radical (unpaired) electrons. The molecule has 0 spiro atoms. The van der Waals surface area contributed by atoms with E-state index in [9.17, 15) is 14.4 Å². The molecule has 0 unspecified atom stereocenters. The number of nitrogens with zero attached hydrogens (tertiary/aromatic N) is 1. The van der Waals surface area contributed by atoms with Crippen LogP contribution < -0.4 is 10.6 Å². The molecule has 6 nitrogen and oxygen atoms in total. The minimum Gasteiger partial charge on any atom is -0.277 e. The Bertz CT molecular complexity index is 1070. The maximum atomic E-state index is 13.0. The Morgan fingerprint density at radius 2 is 1.57 bits per heavy atom. The molecule has 0 saturated carbocycles. The lowest BCUT2D eigenvalue weighted by atomic mass is 9.72. The van der Waals surface area contributed by atoms with E-state index in [0.29, 0.717) is 27.9 Å². The molecule has 7 heteroatoms. The van der Waals surface area contributed by atoms with Gasteiger partial charge in [0, 0.05) is 16.6 Å². The van der Waals surface area contributed by atoms with Crippen molar-refractivity contribution < 1.29 is 14.4 Å². The van der Waals surface area contributed by atoms with Crippen molar-refractivity contribution in [3.8, 4) is 0 Å². The summed E-state index contributed by atoms with van der Waals surface area (Å²) in [6, 6.07) is 15.4. The summed E-state index contributed by atoms with van der Waals surface area (Å²) in [5, 5.41) is 5.82. The van der Waals surface area contributed by atoms with Crippen molar-refractivity contribution in [2.75, 3.05) is 0 Å². The van der Waals surface area contributed by atoms with Crippen LogP contribution in [0.4, 0.5) is 4.79 Å². The minimum atomic E-state index is -1.55. The average Bonchev–Trinajstić information content (AvgIpc) is 2.69. The van der Waals surface area contributed by atoms with Crippen molar-refractivity contribution in [1.82, 2.24) is 15.6 Å². The normalized spacial score (nSPS) is 16.0. The Morgan fingerprint density at radius 3 is 2.29 bits per heavy atom. The van der Waals surface area contributed by atoms with Crippen LogP contribution in [-0.4, -0.2) is 22.8 Å². The number of hydrogen-bond donors (Lipinski definition) is 2. The van der Waals surface area contributed by atoms with Gasteiger partial charge in [-0.3, -0.25) is 25.2 Å². The van der Waals surface area contributed by atoms with Crippen LogP contribution in [0.2, 0.25) is 5.02 Å². The maximum Gasteiger partial charge on any atom is 0.328 e. The number of aryl methyl sites for hydroxylation is 1. The molecule has 1 aliphatic heterocycles. The number of para-hydroxylation sites is 1. The van der Waals surface area contributed by atoms with Crippen LogP contribution in [0.1, 0.15) is 17.5 Å². The third kappa shape index (κ3) is 3.01. The molecule has 2 aromatic carbocycles. The fourth-order valence-corrected chi connectivity index (χ4v) is 3.74. The quantitative estimate of drug-likeness (QED) is 0.666. The molecule has 0 aliphatic carbocycles. The number of aromatic nitrogens is 1. The van der Waals surface area contributed by atoms with Gasteiger partial charge in [-0.25, -0.2) is 4.79 Å². The van der Waals surface area contributed by atoms with E-state index >= 15 is 0 Å². The highest BCUT2D eigenvalue weighted by Gasteiger charge is 2.52. The van der Waals surface area contributed by atoms with Crippen molar-refractivity contribution in [2.45, 2.75) is 18.3 Å². The number of hydrogen-bond acceptors (Lipinski definition) is 4. The van der Waals surface area contributed by atoms with Crippen molar-refractivity contribution >= 4 is 40.3 Å². The van der Waals surface area contributed by atoms with E-state index in [1.54, 1.807) is 24.4 Å². The van der Waals surface area contributed by atoms with Crippen molar-refractivity contribution in [3.05, 3.63) is 76.9 Å². The van der Waals surface area contributed by atoms with Crippen LogP contribution in [0, 0.1) is 0 Å². The first-order chi connectivity index (χ1) is 13.5. The Balaban J connectivity index is 1.84. The van der Waals surface area contributed by atoms with Crippen LogP contribution in [0.15, 0.2) is 60.8 Å². The Morgan fingerprint density at radius 1 is 0.893 bits per heavy atom. The van der Waals surface area contributed by atoms with Gasteiger partial charge in [-0.15, -0.1) is 0 Å². The number of imide groups is 2. The van der Waals surface area contributed by atoms with Gasteiger partial charge in [0.05, 0.1) is 5.52 Å². The van der Waals surface area contributed by atoms with Gasteiger partial charge in [-0.1, -0.05) is 41.9 Å². The van der Waals surface area contributed by atoms with Gasteiger partial charge in [0.25, 0.3) is 0 Å². The number of urea groups is 1. The van der Waals surface area contributed by atoms with E-state index in [4.69, 9.17) is 11.6 Å². The summed E-state index contributed by atoms with van der Waals surface area (Å²) < 4.78 is 0. The number of rotatable bonds is 4. The van der Waals surface area contributed by atoms with Gasteiger partial charge < -0.3 is 0 Å². The molecule has 0 bridgehead atoms. The smallest absolute Gasteiger partial charge is 0.277 e. The van der Waals surface area contributed by atoms with Crippen molar-refractivity contribution in [1.29, 1.82) is 0 Å². The number of amides is 4. The Hall–Kier alpha value is -3.25. The summed E-state index contributed by atoms with van der Waals surface area (Å²) in [6.07, 6.45) is 2.20. The summed E-state index contributed by atoms with van der Waals surface area (Å²) in [5.74, 6) is -1.27. The third-order valence-electron chi connectivity index (χ3n) is 5.04. The monoisotopic (exact) mass is 393 g/mol. The fourth-order valence-electron chi connectivity index (χ4n) is 3.61. The minimum absolute atomic E-state index is 0.188. The van der Waals surface area contributed by atoms with Gasteiger partial charge in [0.2, 0.25) is 11.8 Å². The summed E-state index contributed by atoms with van der Waals surface area (Å²) in [7, 11) is 0. The lowest BCUT2D eigenvalue weighted by Gasteiger charge is -2.35. The van der Waals surface area contributed by atoms with Crippen LogP contribution in [0.3, 0.4) is 0 Å². The SMILES string of the molecule is O=C1NC(=O)C(CCc2ccc(Cl)cc2)(c2ccnc3ccccc23)C(=O)N1. The zero-order chi connectivity index (χ0) is 19.7. The molecule has 140 valence electrons. The Labute approximate surface area is 165 Å². The van der Waals surface area contributed by atoms with E-state index in [-0.39, 0.29) is 6.42 Å². The molecule has 1 aliphatic rings. The lowest BCUT2D eigenvalue weighted by Crippen LogP contribution is -2.64. The number of pyridine rings is 1. The van der Waals surface area contributed by atoms with Gasteiger partial charge in [0.1, 0.15) is 0 Å². The number of halogens is 1. The highest BCUT2D eigenvalue weighted by Crippen LogP contribution is 2.36. The summed E-state index contributed by atoms with van der Waals surface area (Å²) >= 11 is 5.94. The largest absolute Gasteiger partial charge is 0.328 e. The van der Waals surface area contributed by atoms with Crippen molar-refractivity contribution in [3.63, 3.8) is 0 Å². The zero-order valence-corrected chi connectivity index (χ0v) is 15.5. The number of fused-ring (bicyclic) bond motifs is 1. The second-order valence-electron chi connectivity index (χ2n) is 6.64. The predicted molar refractivity (Wildman–Crippen MR) is 105 cm³/mol.